The number of halogens is 1. The zero-order chi connectivity index (χ0) is 15.2. The van der Waals surface area contributed by atoms with E-state index in [2.05, 4.69) is 53.3 Å². The molecule has 3 heteroatoms. The van der Waals surface area contributed by atoms with Crippen LogP contribution in [0.15, 0.2) is 53.0 Å². The van der Waals surface area contributed by atoms with Crippen LogP contribution in [0, 0.1) is 0 Å². The maximum Gasteiger partial charge on any atom is 0.115 e. The Bertz CT molecular complexity index is 568. The van der Waals surface area contributed by atoms with E-state index in [1.807, 2.05) is 18.2 Å². The summed E-state index contributed by atoms with van der Waals surface area (Å²) in [4.78, 5) is 0. The van der Waals surface area contributed by atoms with Crippen molar-refractivity contribution in [3.8, 4) is 5.75 Å². The lowest BCUT2D eigenvalue weighted by Gasteiger charge is -2.20. The summed E-state index contributed by atoms with van der Waals surface area (Å²) in [6, 6.07) is 16.7. The molecule has 0 aromatic heterocycles. The van der Waals surface area contributed by atoms with Gasteiger partial charge in [-0.2, -0.15) is 0 Å². The topological polar surface area (TPSA) is 32.3 Å². The molecule has 0 saturated carbocycles. The molecule has 2 nitrogen and oxygen atoms in total. The number of phenolic OH excluding ortho intramolecular Hbond substituents is 1. The normalized spacial score (nSPS) is 13.9. The average molecular weight is 348 g/mol. The zero-order valence-corrected chi connectivity index (χ0v) is 14.1. The van der Waals surface area contributed by atoms with Crippen molar-refractivity contribution in [2.75, 3.05) is 0 Å². The van der Waals surface area contributed by atoms with Gasteiger partial charge in [-0.05, 0) is 62.1 Å². The Morgan fingerprint density at radius 2 is 1.81 bits per heavy atom. The zero-order valence-electron chi connectivity index (χ0n) is 12.5. The Kier molecular flexibility index (Phi) is 5.83. The van der Waals surface area contributed by atoms with Crippen molar-refractivity contribution in [1.82, 2.24) is 5.32 Å². The van der Waals surface area contributed by atoms with Crippen LogP contribution in [-0.4, -0.2) is 11.1 Å². The molecule has 0 amide bonds. The van der Waals surface area contributed by atoms with Gasteiger partial charge in [0.2, 0.25) is 0 Å². The van der Waals surface area contributed by atoms with E-state index in [1.54, 1.807) is 12.1 Å². The molecule has 0 aliphatic heterocycles. The summed E-state index contributed by atoms with van der Waals surface area (Å²) in [6.45, 7) is 4.41. The van der Waals surface area contributed by atoms with Crippen LogP contribution in [0.2, 0.25) is 0 Å². The predicted octanol–water partition coefficient (Wildman–Crippen LogP) is 4.83. The lowest BCUT2D eigenvalue weighted by molar-refractivity contribution is 0.455. The van der Waals surface area contributed by atoms with Gasteiger partial charge in [0.15, 0.2) is 0 Å². The highest BCUT2D eigenvalue weighted by Crippen LogP contribution is 2.19. The molecule has 0 spiro atoms. The maximum absolute atomic E-state index is 9.29. The second-order valence-corrected chi connectivity index (χ2v) is 6.47. The van der Waals surface area contributed by atoms with Crippen molar-refractivity contribution in [3.63, 3.8) is 0 Å². The molecule has 0 aliphatic carbocycles. The number of aromatic hydroxyl groups is 1. The minimum atomic E-state index is 0.327. The van der Waals surface area contributed by atoms with Crippen LogP contribution in [0.1, 0.15) is 37.4 Å². The molecule has 112 valence electrons. The van der Waals surface area contributed by atoms with E-state index in [4.69, 9.17) is 0 Å². The minimum Gasteiger partial charge on any atom is -0.508 e. The number of rotatable bonds is 6. The first-order valence-corrected chi connectivity index (χ1v) is 8.13. The van der Waals surface area contributed by atoms with Crippen LogP contribution in [0.25, 0.3) is 0 Å². The highest BCUT2D eigenvalue weighted by molar-refractivity contribution is 9.10. The van der Waals surface area contributed by atoms with Crippen molar-refractivity contribution in [2.45, 2.75) is 38.8 Å². The summed E-state index contributed by atoms with van der Waals surface area (Å²) in [5.74, 6) is 0.327. The standard InChI is InChI=1S/C18H22BrNO/c1-13(6-7-15-8-10-18(21)11-9-15)20-14(2)16-4-3-5-17(19)12-16/h3-5,8-14,20-21H,6-7H2,1-2H3. The van der Waals surface area contributed by atoms with Gasteiger partial charge in [0.1, 0.15) is 5.75 Å². The SMILES string of the molecule is CC(CCc1ccc(O)cc1)NC(C)c1cccc(Br)c1. The lowest BCUT2D eigenvalue weighted by Crippen LogP contribution is -2.29. The predicted molar refractivity (Wildman–Crippen MR) is 91.6 cm³/mol. The summed E-state index contributed by atoms with van der Waals surface area (Å²) in [6.07, 6.45) is 2.09. The fourth-order valence-corrected chi connectivity index (χ4v) is 2.84. The van der Waals surface area contributed by atoms with Gasteiger partial charge in [0, 0.05) is 16.6 Å². The van der Waals surface area contributed by atoms with Gasteiger partial charge in [0.05, 0.1) is 0 Å². The van der Waals surface area contributed by atoms with Gasteiger partial charge in [-0.15, -0.1) is 0 Å². The molecule has 21 heavy (non-hydrogen) atoms. The number of benzene rings is 2. The van der Waals surface area contributed by atoms with Crippen molar-refractivity contribution < 1.29 is 5.11 Å². The Morgan fingerprint density at radius 3 is 2.48 bits per heavy atom. The molecular weight excluding hydrogens is 326 g/mol. The summed E-state index contributed by atoms with van der Waals surface area (Å²) in [5.41, 5.74) is 2.55. The molecular formula is C18H22BrNO. The van der Waals surface area contributed by atoms with Crippen LogP contribution in [0.3, 0.4) is 0 Å². The molecule has 2 aromatic carbocycles. The molecule has 2 atom stereocenters. The van der Waals surface area contributed by atoms with Crippen molar-refractivity contribution in [2.24, 2.45) is 0 Å². The summed E-state index contributed by atoms with van der Waals surface area (Å²) in [7, 11) is 0. The molecule has 0 saturated heterocycles. The number of hydrogen-bond donors (Lipinski definition) is 2. The molecule has 2 unspecified atom stereocenters. The fraction of sp³-hybridized carbons (Fsp3) is 0.333. The van der Waals surface area contributed by atoms with Gasteiger partial charge >= 0.3 is 0 Å². The largest absolute Gasteiger partial charge is 0.508 e. The van der Waals surface area contributed by atoms with E-state index in [-0.39, 0.29) is 0 Å². The molecule has 0 radical (unpaired) electrons. The monoisotopic (exact) mass is 347 g/mol. The summed E-state index contributed by atoms with van der Waals surface area (Å²) >= 11 is 3.52. The van der Waals surface area contributed by atoms with E-state index in [0.29, 0.717) is 17.8 Å². The molecule has 0 bridgehead atoms. The smallest absolute Gasteiger partial charge is 0.115 e. The van der Waals surface area contributed by atoms with E-state index in [9.17, 15) is 5.11 Å². The second-order valence-electron chi connectivity index (χ2n) is 5.55. The molecule has 2 rings (SSSR count). The van der Waals surface area contributed by atoms with Crippen LogP contribution in [0.4, 0.5) is 0 Å². The van der Waals surface area contributed by atoms with Gasteiger partial charge < -0.3 is 10.4 Å². The third-order valence-electron chi connectivity index (χ3n) is 3.69. The van der Waals surface area contributed by atoms with Crippen molar-refractivity contribution >= 4 is 15.9 Å². The third kappa shape index (κ3) is 5.18. The Balaban J connectivity index is 1.83. The van der Waals surface area contributed by atoms with Crippen molar-refractivity contribution in [3.05, 3.63) is 64.1 Å². The molecule has 2 N–H and O–H groups in total. The Hall–Kier alpha value is -1.32. The van der Waals surface area contributed by atoms with Crippen LogP contribution >= 0.6 is 15.9 Å². The Labute approximate surface area is 135 Å². The fourth-order valence-electron chi connectivity index (χ4n) is 2.43. The first-order valence-electron chi connectivity index (χ1n) is 7.34. The third-order valence-corrected chi connectivity index (χ3v) is 4.18. The number of aryl methyl sites for hydroxylation is 1. The number of phenols is 1. The van der Waals surface area contributed by atoms with Gasteiger partial charge in [-0.1, -0.05) is 40.2 Å². The van der Waals surface area contributed by atoms with E-state index < -0.39 is 0 Å². The second kappa shape index (κ2) is 7.62. The molecule has 0 aliphatic rings. The molecule has 0 heterocycles. The first-order chi connectivity index (χ1) is 10.0. The van der Waals surface area contributed by atoms with Gasteiger partial charge in [-0.3, -0.25) is 0 Å². The minimum absolute atomic E-state index is 0.327. The van der Waals surface area contributed by atoms with Crippen molar-refractivity contribution in [1.29, 1.82) is 0 Å². The van der Waals surface area contributed by atoms with E-state index >= 15 is 0 Å². The first kappa shape index (κ1) is 16.1. The highest BCUT2D eigenvalue weighted by Gasteiger charge is 2.09. The summed E-state index contributed by atoms with van der Waals surface area (Å²) in [5, 5.41) is 12.9. The quantitative estimate of drug-likeness (QED) is 0.784. The number of hydrogen-bond acceptors (Lipinski definition) is 2. The van der Waals surface area contributed by atoms with Gasteiger partial charge in [0.25, 0.3) is 0 Å². The van der Waals surface area contributed by atoms with Crippen LogP contribution in [-0.2, 0) is 6.42 Å². The highest BCUT2D eigenvalue weighted by atomic mass is 79.9. The molecule has 2 aromatic rings. The van der Waals surface area contributed by atoms with Crippen LogP contribution in [0.5, 0.6) is 5.75 Å². The number of nitrogens with one attached hydrogen (secondary N) is 1. The summed E-state index contributed by atoms with van der Waals surface area (Å²) < 4.78 is 1.12. The maximum atomic E-state index is 9.29. The van der Waals surface area contributed by atoms with E-state index in [0.717, 1.165) is 17.3 Å². The van der Waals surface area contributed by atoms with E-state index in [1.165, 1.54) is 11.1 Å². The van der Waals surface area contributed by atoms with Crippen LogP contribution < -0.4 is 5.32 Å². The average Bonchev–Trinajstić information content (AvgIpc) is 2.46. The van der Waals surface area contributed by atoms with Gasteiger partial charge in [-0.25, -0.2) is 0 Å². The molecule has 0 fully saturated rings. The Morgan fingerprint density at radius 1 is 1.10 bits per heavy atom. The lowest BCUT2D eigenvalue weighted by atomic mass is 10.0.